The third-order valence-electron chi connectivity index (χ3n) is 13.2. The lowest BCUT2D eigenvalue weighted by atomic mass is 9.43. The molecule has 0 bridgehead atoms. The Hall–Kier alpha value is -0.300. The number of rotatable bonds is 4. The molecule has 0 aromatic heterocycles. The van der Waals surface area contributed by atoms with Gasteiger partial charge in [0, 0.05) is 0 Å². The van der Waals surface area contributed by atoms with Crippen molar-refractivity contribution >= 4 is 0 Å². The fourth-order valence-electron chi connectivity index (χ4n) is 10.9. The van der Waals surface area contributed by atoms with E-state index in [1.54, 1.807) is 5.57 Å². The third kappa shape index (κ3) is 2.77. The van der Waals surface area contributed by atoms with Gasteiger partial charge in [-0.1, -0.05) is 38.8 Å². The van der Waals surface area contributed by atoms with E-state index in [1.807, 2.05) is 0 Å². The summed E-state index contributed by atoms with van der Waals surface area (Å²) in [5.41, 5.74) is 5.49. The first-order valence-corrected chi connectivity index (χ1v) is 13.8. The number of hydrogen-bond donors (Lipinski definition) is 1. The van der Waals surface area contributed by atoms with Crippen molar-refractivity contribution in [2.45, 2.75) is 125 Å². The van der Waals surface area contributed by atoms with Crippen LogP contribution in [0.1, 0.15) is 119 Å². The number of aliphatic hydroxyl groups excluding tert-OH is 1. The Balaban J connectivity index is 1.38. The van der Waals surface area contributed by atoms with Gasteiger partial charge in [-0.3, -0.25) is 0 Å². The molecule has 176 valence electrons. The van der Waals surface area contributed by atoms with E-state index in [9.17, 15) is 5.11 Å². The largest absolute Gasteiger partial charge is 0.393 e. The second-order valence-corrected chi connectivity index (χ2v) is 14.0. The SMILES string of the molecule is CC(C)=C(C)CCC(C)C1CCC2(C)C3CCC4C(C)C(O)CCC45CC35CCC12C. The lowest BCUT2D eigenvalue weighted by Crippen LogP contribution is -2.55. The highest BCUT2D eigenvalue weighted by Crippen LogP contribution is 2.88. The number of aliphatic hydroxyl groups is 1. The summed E-state index contributed by atoms with van der Waals surface area (Å²) in [6.45, 7) is 17.3. The second-order valence-electron chi connectivity index (χ2n) is 14.0. The van der Waals surface area contributed by atoms with Crippen molar-refractivity contribution in [3.05, 3.63) is 11.1 Å². The van der Waals surface area contributed by atoms with Crippen LogP contribution in [0.3, 0.4) is 0 Å². The lowest BCUT2D eigenvalue weighted by Gasteiger charge is -2.62. The van der Waals surface area contributed by atoms with E-state index < -0.39 is 0 Å². The Labute approximate surface area is 192 Å². The molecule has 5 saturated carbocycles. The van der Waals surface area contributed by atoms with Crippen molar-refractivity contribution in [1.29, 1.82) is 0 Å². The quantitative estimate of drug-likeness (QED) is 0.449. The van der Waals surface area contributed by atoms with Crippen LogP contribution >= 0.6 is 0 Å². The maximum Gasteiger partial charge on any atom is 0.0568 e. The summed E-state index contributed by atoms with van der Waals surface area (Å²) in [5.74, 6) is 4.06. The molecule has 5 rings (SSSR count). The molecule has 2 spiro atoms. The molecule has 5 fully saturated rings. The summed E-state index contributed by atoms with van der Waals surface area (Å²) >= 11 is 0. The standard InChI is InChI=1S/C30H50O/c1-19(2)20(3)8-9-21(4)23-12-14-28(7)26-11-10-24-22(5)25(31)13-15-29(24)18-30(26,29)17-16-27(23,28)6/h21-26,31H,8-18H2,1-7H3. The Morgan fingerprint density at radius 1 is 0.903 bits per heavy atom. The summed E-state index contributed by atoms with van der Waals surface area (Å²) in [5, 5.41) is 10.6. The third-order valence-corrected chi connectivity index (χ3v) is 13.2. The average molecular weight is 427 g/mol. The molecule has 1 nitrogen and oxygen atoms in total. The van der Waals surface area contributed by atoms with Crippen LogP contribution in [0.25, 0.3) is 0 Å². The predicted molar refractivity (Wildman–Crippen MR) is 131 cm³/mol. The van der Waals surface area contributed by atoms with Crippen LogP contribution in [0.2, 0.25) is 0 Å². The molecule has 10 atom stereocenters. The van der Waals surface area contributed by atoms with E-state index in [1.165, 1.54) is 69.8 Å². The number of hydrogen-bond acceptors (Lipinski definition) is 1. The van der Waals surface area contributed by atoms with Gasteiger partial charge in [0.15, 0.2) is 0 Å². The highest BCUT2D eigenvalue weighted by Gasteiger charge is 2.81. The molecule has 5 aliphatic rings. The Morgan fingerprint density at radius 3 is 2.35 bits per heavy atom. The van der Waals surface area contributed by atoms with Crippen LogP contribution in [0.5, 0.6) is 0 Å². The van der Waals surface area contributed by atoms with E-state index in [0.717, 1.165) is 30.1 Å². The first kappa shape index (κ1) is 22.5. The van der Waals surface area contributed by atoms with Crippen LogP contribution in [0.15, 0.2) is 11.1 Å². The summed E-state index contributed by atoms with van der Waals surface area (Å²) in [4.78, 5) is 0. The van der Waals surface area contributed by atoms with Crippen molar-refractivity contribution in [3.63, 3.8) is 0 Å². The Bertz CT molecular complexity index is 762. The molecule has 1 heteroatoms. The summed E-state index contributed by atoms with van der Waals surface area (Å²) in [6.07, 6.45) is 15.3. The van der Waals surface area contributed by atoms with E-state index in [-0.39, 0.29) is 6.10 Å². The maximum absolute atomic E-state index is 10.6. The van der Waals surface area contributed by atoms with Crippen LogP contribution in [0, 0.1) is 51.2 Å². The van der Waals surface area contributed by atoms with E-state index >= 15 is 0 Å². The van der Waals surface area contributed by atoms with Gasteiger partial charge in [0.25, 0.3) is 0 Å². The zero-order valence-corrected chi connectivity index (χ0v) is 21.7. The summed E-state index contributed by atoms with van der Waals surface area (Å²) < 4.78 is 0. The minimum Gasteiger partial charge on any atom is -0.393 e. The zero-order chi connectivity index (χ0) is 22.4. The molecule has 0 radical (unpaired) electrons. The monoisotopic (exact) mass is 426 g/mol. The molecular formula is C30H50O. The van der Waals surface area contributed by atoms with Gasteiger partial charge in [0.1, 0.15) is 0 Å². The van der Waals surface area contributed by atoms with Crippen molar-refractivity contribution in [2.75, 3.05) is 0 Å². The molecule has 0 aliphatic heterocycles. The van der Waals surface area contributed by atoms with Gasteiger partial charge < -0.3 is 5.11 Å². The minimum atomic E-state index is -0.0322. The van der Waals surface area contributed by atoms with Crippen molar-refractivity contribution in [3.8, 4) is 0 Å². The van der Waals surface area contributed by atoms with Crippen LogP contribution in [0.4, 0.5) is 0 Å². The Morgan fingerprint density at radius 2 is 1.65 bits per heavy atom. The van der Waals surface area contributed by atoms with Crippen molar-refractivity contribution in [2.24, 2.45) is 51.2 Å². The molecule has 5 aliphatic carbocycles. The maximum atomic E-state index is 10.6. The zero-order valence-electron chi connectivity index (χ0n) is 21.7. The number of fused-ring (bicyclic) bond motifs is 2. The normalized spacial score (nSPS) is 53.6. The average Bonchev–Trinajstić information content (AvgIpc) is 3.31. The van der Waals surface area contributed by atoms with Gasteiger partial charge in [-0.2, -0.15) is 0 Å². The fourth-order valence-corrected chi connectivity index (χ4v) is 10.9. The first-order chi connectivity index (χ1) is 14.5. The second kappa shape index (κ2) is 7.10. The van der Waals surface area contributed by atoms with E-state index in [2.05, 4.69) is 48.5 Å². The predicted octanol–water partition coefficient (Wildman–Crippen LogP) is 8.17. The van der Waals surface area contributed by atoms with E-state index in [0.29, 0.717) is 27.6 Å². The molecule has 0 saturated heterocycles. The first-order valence-electron chi connectivity index (χ1n) is 13.8. The van der Waals surface area contributed by atoms with Gasteiger partial charge >= 0.3 is 0 Å². The van der Waals surface area contributed by atoms with Crippen LogP contribution < -0.4 is 0 Å². The summed E-state index contributed by atoms with van der Waals surface area (Å²) in [6, 6.07) is 0. The molecular weight excluding hydrogens is 376 g/mol. The molecule has 0 aromatic carbocycles. The molecule has 0 aromatic rings. The van der Waals surface area contributed by atoms with Gasteiger partial charge in [-0.15, -0.1) is 0 Å². The van der Waals surface area contributed by atoms with Gasteiger partial charge in [-0.25, -0.2) is 0 Å². The summed E-state index contributed by atoms with van der Waals surface area (Å²) in [7, 11) is 0. The minimum absolute atomic E-state index is 0.0322. The van der Waals surface area contributed by atoms with Gasteiger partial charge in [0.2, 0.25) is 0 Å². The fraction of sp³-hybridized carbons (Fsp3) is 0.933. The van der Waals surface area contributed by atoms with Crippen molar-refractivity contribution < 1.29 is 5.11 Å². The smallest absolute Gasteiger partial charge is 0.0568 e. The van der Waals surface area contributed by atoms with Crippen LogP contribution in [-0.4, -0.2) is 11.2 Å². The molecule has 0 amide bonds. The van der Waals surface area contributed by atoms with Gasteiger partial charge in [0.05, 0.1) is 6.10 Å². The highest BCUT2D eigenvalue weighted by atomic mass is 16.3. The molecule has 1 N–H and O–H groups in total. The Kier molecular flexibility index (Phi) is 5.15. The number of allylic oxidation sites excluding steroid dienone is 2. The van der Waals surface area contributed by atoms with Crippen molar-refractivity contribution in [1.82, 2.24) is 0 Å². The molecule has 0 heterocycles. The van der Waals surface area contributed by atoms with Gasteiger partial charge in [-0.05, 0) is 143 Å². The molecule has 31 heavy (non-hydrogen) atoms. The lowest BCUT2D eigenvalue weighted by molar-refractivity contribution is -0.142. The molecule has 10 unspecified atom stereocenters. The highest BCUT2D eigenvalue weighted by molar-refractivity contribution is 5.29. The topological polar surface area (TPSA) is 20.2 Å². The van der Waals surface area contributed by atoms with Crippen LogP contribution in [-0.2, 0) is 0 Å². The van der Waals surface area contributed by atoms with E-state index in [4.69, 9.17) is 0 Å².